The number of nitrogens with one attached hydrogen (secondary N) is 4. The van der Waals surface area contributed by atoms with Gasteiger partial charge in [-0.1, -0.05) is 102 Å². The predicted molar refractivity (Wildman–Crippen MR) is 354 cm³/mol. The molecule has 0 radical (unpaired) electrons. The van der Waals surface area contributed by atoms with E-state index in [9.17, 15) is 43.2 Å². The van der Waals surface area contributed by atoms with Crippen molar-refractivity contribution in [2.45, 2.75) is 236 Å². The van der Waals surface area contributed by atoms with Crippen molar-refractivity contribution in [3.05, 3.63) is 12.2 Å². The highest BCUT2D eigenvalue weighted by molar-refractivity contribution is 6.00. The van der Waals surface area contributed by atoms with E-state index >= 15 is 19.2 Å². The Morgan fingerprint density at radius 3 is 1.47 bits per heavy atom. The number of rotatable bonds is 20. The molecular formula is C67H117N11O15. The third-order valence-corrected chi connectivity index (χ3v) is 17.5. The highest BCUT2D eigenvalue weighted by Gasteiger charge is 2.47. The zero-order valence-corrected chi connectivity index (χ0v) is 60.6. The van der Waals surface area contributed by atoms with Gasteiger partial charge in [0.15, 0.2) is 0 Å². The van der Waals surface area contributed by atoms with E-state index in [1.807, 2.05) is 41.5 Å². The molecule has 4 N–H and O–H groups in total. The van der Waals surface area contributed by atoms with Gasteiger partial charge in [-0.2, -0.15) is 0 Å². The molecule has 0 aromatic carbocycles. The van der Waals surface area contributed by atoms with E-state index in [0.717, 1.165) is 21.6 Å². The fraction of sp³-hybridized carbons (Fsp3) is 0.776. The van der Waals surface area contributed by atoms with Crippen LogP contribution in [0.3, 0.4) is 0 Å². The molecule has 1 saturated heterocycles. The van der Waals surface area contributed by atoms with Crippen LogP contribution in [-0.4, -0.2) is 247 Å². The van der Waals surface area contributed by atoms with E-state index in [-0.39, 0.29) is 63.1 Å². The third-order valence-electron chi connectivity index (χ3n) is 17.5. The summed E-state index contributed by atoms with van der Waals surface area (Å²) in [5.74, 6) is -11.9. The lowest BCUT2D eigenvalue weighted by molar-refractivity contribution is -0.164. The fourth-order valence-corrected chi connectivity index (χ4v) is 11.7. The summed E-state index contributed by atoms with van der Waals surface area (Å²) in [5.41, 5.74) is 0. The number of allylic oxidation sites excluding steroid dienone is 2. The second-order valence-electron chi connectivity index (χ2n) is 27.4. The van der Waals surface area contributed by atoms with Gasteiger partial charge in [0.2, 0.25) is 65.0 Å². The lowest BCUT2D eigenvalue weighted by Crippen LogP contribution is -2.64. The second kappa shape index (κ2) is 39.0. The highest BCUT2D eigenvalue weighted by atomic mass is 16.5. The standard InChI is InChI=1S/C67H117N11O15/c1-26-28-29-42(13)56(93-47(18)80)55-60(84)70-48(27-2)63(87)72(19)46(17)62(86)77(24)54(43(14)36-92-33-32-79)59(83)71-52(40(9)10)66(90)73(20)49(31-30-37(3)4)58(82)68-44(15)57(81)69-45(16)61(85)74(21)50(34-38(5)6)64(88)75(22)51(35-39(7)8)65(89)76(23)53(41(11)12)67(91)78(55)25/h26,28,32,37-46,48-56H,27,29-31,33-36H2,1-25H3,(H,68,82)(H,69,81)(H,70,84)(H,71,83)/b28-26+/t42-,43-,44+,45-,46-,48+,49+,50+,51+,52+,53+,54+,55+,56-/m1/s1. The molecular weight excluding hydrogens is 1200 g/mol. The molecule has 0 saturated carbocycles. The summed E-state index contributed by atoms with van der Waals surface area (Å²) in [6, 6.07) is -14.5. The van der Waals surface area contributed by atoms with Crippen molar-refractivity contribution in [3.8, 4) is 0 Å². The van der Waals surface area contributed by atoms with Crippen molar-refractivity contribution >= 4 is 77.2 Å². The molecule has 0 aromatic heterocycles. The van der Waals surface area contributed by atoms with Crippen LogP contribution < -0.4 is 21.3 Å². The van der Waals surface area contributed by atoms with Crippen LogP contribution in [0.15, 0.2) is 12.2 Å². The molecule has 1 rings (SSSR count). The molecule has 26 nitrogen and oxygen atoms in total. The first-order valence-corrected chi connectivity index (χ1v) is 33.0. The van der Waals surface area contributed by atoms with Gasteiger partial charge in [-0.25, -0.2) is 0 Å². The number of likely N-dealkylation sites (N-methyl/N-ethyl adjacent to an activating group) is 7. The van der Waals surface area contributed by atoms with Crippen molar-refractivity contribution in [1.29, 1.82) is 0 Å². The Kier molecular flexibility index (Phi) is 35.2. The first kappa shape index (κ1) is 84.0. The zero-order valence-electron chi connectivity index (χ0n) is 60.6. The maximum Gasteiger partial charge on any atom is 0.303 e. The third kappa shape index (κ3) is 23.8. The summed E-state index contributed by atoms with van der Waals surface area (Å²) in [6.45, 7) is 29.7. The van der Waals surface area contributed by atoms with Crippen LogP contribution in [0.1, 0.15) is 163 Å². The highest BCUT2D eigenvalue weighted by Crippen LogP contribution is 2.27. The topological polar surface area (TPSA) is 311 Å². The van der Waals surface area contributed by atoms with E-state index in [1.54, 1.807) is 67.5 Å². The Hall–Kier alpha value is -6.99. The van der Waals surface area contributed by atoms with Crippen LogP contribution in [0.25, 0.3) is 0 Å². The molecule has 530 valence electrons. The van der Waals surface area contributed by atoms with Gasteiger partial charge in [0, 0.05) is 62.2 Å². The van der Waals surface area contributed by atoms with Crippen molar-refractivity contribution in [1.82, 2.24) is 55.6 Å². The lowest BCUT2D eigenvalue weighted by Gasteiger charge is -2.42. The molecule has 0 unspecified atom stereocenters. The van der Waals surface area contributed by atoms with Crippen molar-refractivity contribution in [3.63, 3.8) is 0 Å². The Morgan fingerprint density at radius 1 is 0.516 bits per heavy atom. The van der Waals surface area contributed by atoms with E-state index in [1.165, 1.54) is 89.7 Å². The average Bonchev–Trinajstić information content (AvgIpc) is 0.817. The zero-order chi connectivity index (χ0) is 72.0. The second-order valence-corrected chi connectivity index (χ2v) is 27.4. The molecule has 11 amide bonds. The quantitative estimate of drug-likeness (QED) is 0.0588. The molecule has 1 heterocycles. The largest absolute Gasteiger partial charge is 0.459 e. The van der Waals surface area contributed by atoms with Gasteiger partial charge >= 0.3 is 5.97 Å². The number of nitrogens with zero attached hydrogens (tertiary/aromatic N) is 7. The molecule has 1 fully saturated rings. The number of hydrogen-bond donors (Lipinski definition) is 4. The SMILES string of the molecule is C/C=C/C[C@@H](C)[C@@H](OC(C)=O)[C@H]1C(=O)N[C@@H](CC)C(=O)N(C)[C@H](C)C(=O)N(C)[C@@H]([C@H](C)COCC=O)C(=O)N[C@@H](C(C)C)C(=O)N(C)[C@@H](CCC(C)C)C(=O)N[C@@H](C)C(=O)N[C@H](C)C(=O)N(C)[C@@H](CC(C)C)C(=O)N(C)[C@@H](CC(C)C)C(=O)N(C)[C@@H](C(C)C)C(=O)N1C. The van der Waals surface area contributed by atoms with Crippen LogP contribution in [-0.2, 0) is 71.8 Å². The maximum absolute atomic E-state index is 15.5. The van der Waals surface area contributed by atoms with Crippen LogP contribution in [0.4, 0.5) is 0 Å². The summed E-state index contributed by atoms with van der Waals surface area (Å²) >= 11 is 0. The lowest BCUT2D eigenvalue weighted by atomic mass is 9.91. The molecule has 14 atom stereocenters. The molecule has 93 heavy (non-hydrogen) atoms. The minimum Gasteiger partial charge on any atom is -0.459 e. The van der Waals surface area contributed by atoms with Crippen LogP contribution in [0, 0.1) is 41.4 Å². The molecule has 0 bridgehead atoms. The first-order valence-electron chi connectivity index (χ1n) is 33.0. The van der Waals surface area contributed by atoms with Crippen molar-refractivity contribution < 1.29 is 71.8 Å². The summed E-state index contributed by atoms with van der Waals surface area (Å²) in [4.78, 5) is 196. The van der Waals surface area contributed by atoms with E-state index in [2.05, 4.69) is 21.3 Å². The fourth-order valence-electron chi connectivity index (χ4n) is 11.7. The molecule has 0 spiro atoms. The van der Waals surface area contributed by atoms with Gasteiger partial charge in [0.25, 0.3) is 0 Å². The van der Waals surface area contributed by atoms with Gasteiger partial charge in [0.1, 0.15) is 85.5 Å². The Balaban J connectivity index is 4.56. The van der Waals surface area contributed by atoms with E-state index in [4.69, 9.17) is 9.47 Å². The average molecular weight is 1320 g/mol. The monoisotopic (exact) mass is 1320 g/mol. The van der Waals surface area contributed by atoms with Gasteiger partial charge in [-0.05, 0) is 102 Å². The Labute approximate surface area is 554 Å². The summed E-state index contributed by atoms with van der Waals surface area (Å²) in [5, 5.41) is 11.0. The predicted octanol–water partition coefficient (Wildman–Crippen LogP) is 3.42. The summed E-state index contributed by atoms with van der Waals surface area (Å²) in [7, 11) is 9.71. The van der Waals surface area contributed by atoms with Crippen LogP contribution in [0.5, 0.6) is 0 Å². The maximum atomic E-state index is 15.5. The van der Waals surface area contributed by atoms with E-state index in [0.29, 0.717) is 12.7 Å². The first-order chi connectivity index (χ1) is 43.1. The summed E-state index contributed by atoms with van der Waals surface area (Å²) < 4.78 is 11.5. The number of hydrogen-bond acceptors (Lipinski definition) is 15. The Bertz CT molecular complexity index is 2600. The number of ether oxygens (including phenoxy) is 2. The molecule has 0 aromatic rings. The van der Waals surface area contributed by atoms with Gasteiger partial charge in [-0.15, -0.1) is 0 Å². The van der Waals surface area contributed by atoms with E-state index < -0.39 is 167 Å². The molecule has 1 aliphatic heterocycles. The van der Waals surface area contributed by atoms with Crippen LogP contribution in [0.2, 0.25) is 0 Å². The molecule has 26 heteroatoms. The number of carbonyl (C=O) groups excluding carboxylic acids is 13. The summed E-state index contributed by atoms with van der Waals surface area (Å²) in [6.07, 6.45) is 3.79. The molecule has 0 aliphatic carbocycles. The van der Waals surface area contributed by atoms with Crippen LogP contribution >= 0.6 is 0 Å². The van der Waals surface area contributed by atoms with Crippen molar-refractivity contribution in [2.75, 3.05) is 62.5 Å². The number of carbonyl (C=O) groups is 13. The minimum atomic E-state index is -1.65. The minimum absolute atomic E-state index is 0.0536. The number of esters is 1. The van der Waals surface area contributed by atoms with Gasteiger partial charge < -0.3 is 69.8 Å². The van der Waals surface area contributed by atoms with Gasteiger partial charge in [-0.3, -0.25) is 57.5 Å². The number of amides is 11. The van der Waals surface area contributed by atoms with Crippen molar-refractivity contribution in [2.24, 2.45) is 41.4 Å². The normalized spacial score (nSPS) is 26.6. The number of aldehydes is 1. The molecule has 1 aliphatic rings. The Morgan fingerprint density at radius 2 is 1.00 bits per heavy atom. The van der Waals surface area contributed by atoms with Gasteiger partial charge in [0.05, 0.1) is 6.61 Å². The smallest absolute Gasteiger partial charge is 0.303 e.